The maximum Gasteiger partial charge on any atom is 0.0856 e. The first-order valence-corrected chi connectivity index (χ1v) is 6.69. The van der Waals surface area contributed by atoms with Crippen LogP contribution < -0.4 is 5.73 Å². The molecule has 0 aromatic carbocycles. The first-order chi connectivity index (χ1) is 8.60. The number of hydrogen-bond acceptors (Lipinski definition) is 4. The zero-order valence-electron chi connectivity index (χ0n) is 11.6. The second-order valence-corrected chi connectivity index (χ2v) is 5.07. The van der Waals surface area contributed by atoms with Crippen LogP contribution in [0.25, 0.3) is 0 Å². The summed E-state index contributed by atoms with van der Waals surface area (Å²) in [5.41, 5.74) is 8.50. The predicted molar refractivity (Wildman–Crippen MR) is 71.5 cm³/mol. The van der Waals surface area contributed by atoms with E-state index in [1.54, 1.807) is 0 Å². The highest BCUT2D eigenvalue weighted by molar-refractivity contribution is 5.10. The fraction of sp³-hybridized carbons (Fsp3) is 0.769. The number of rotatable bonds is 4. The fourth-order valence-corrected chi connectivity index (χ4v) is 2.51. The van der Waals surface area contributed by atoms with Crippen LogP contribution in [0.5, 0.6) is 0 Å². The Labute approximate surface area is 109 Å². The van der Waals surface area contributed by atoms with Crippen molar-refractivity contribution in [2.45, 2.75) is 32.4 Å². The van der Waals surface area contributed by atoms with Gasteiger partial charge in [0.2, 0.25) is 0 Å². The van der Waals surface area contributed by atoms with Crippen LogP contribution >= 0.6 is 0 Å². The van der Waals surface area contributed by atoms with Gasteiger partial charge in [-0.3, -0.25) is 9.58 Å². The molecule has 0 bridgehead atoms. The summed E-state index contributed by atoms with van der Waals surface area (Å²) in [6.45, 7) is 8.00. The highest BCUT2D eigenvalue weighted by Crippen LogP contribution is 2.12. The zero-order chi connectivity index (χ0) is 13.1. The number of nitrogens with zero attached hydrogens (tertiary/aromatic N) is 3. The molecule has 1 aliphatic heterocycles. The Morgan fingerprint density at radius 2 is 2.39 bits per heavy atom. The molecular formula is C13H24N4O. The van der Waals surface area contributed by atoms with E-state index < -0.39 is 0 Å². The summed E-state index contributed by atoms with van der Waals surface area (Å²) in [7, 11) is 1.97. The Morgan fingerprint density at radius 1 is 1.61 bits per heavy atom. The van der Waals surface area contributed by atoms with E-state index in [1.807, 2.05) is 18.7 Å². The highest BCUT2D eigenvalue weighted by atomic mass is 16.5. The minimum atomic E-state index is 0.0362. The lowest BCUT2D eigenvalue weighted by molar-refractivity contribution is -0.0387. The van der Waals surface area contributed by atoms with Crippen LogP contribution in [-0.2, 0) is 18.2 Å². The zero-order valence-corrected chi connectivity index (χ0v) is 11.6. The molecule has 1 aliphatic rings. The average molecular weight is 252 g/mol. The van der Waals surface area contributed by atoms with E-state index >= 15 is 0 Å². The van der Waals surface area contributed by atoms with Gasteiger partial charge in [0.25, 0.3) is 0 Å². The van der Waals surface area contributed by atoms with Gasteiger partial charge in [0.15, 0.2) is 0 Å². The Balaban J connectivity index is 1.95. The van der Waals surface area contributed by atoms with Gasteiger partial charge in [-0.2, -0.15) is 5.10 Å². The van der Waals surface area contributed by atoms with Crippen molar-refractivity contribution in [2.24, 2.45) is 12.8 Å². The second-order valence-electron chi connectivity index (χ2n) is 5.07. The van der Waals surface area contributed by atoms with Crippen molar-refractivity contribution in [1.29, 1.82) is 0 Å². The van der Waals surface area contributed by atoms with Gasteiger partial charge in [-0.25, -0.2) is 0 Å². The molecule has 2 unspecified atom stereocenters. The maximum atomic E-state index is 6.28. The Hall–Kier alpha value is -0.910. The minimum Gasteiger partial charge on any atom is -0.374 e. The topological polar surface area (TPSA) is 56.3 Å². The summed E-state index contributed by atoms with van der Waals surface area (Å²) >= 11 is 0. The second kappa shape index (κ2) is 5.82. The highest BCUT2D eigenvalue weighted by Gasteiger charge is 2.25. The smallest absolute Gasteiger partial charge is 0.0856 e. The number of aryl methyl sites for hydroxylation is 2. The third kappa shape index (κ3) is 3.10. The first kappa shape index (κ1) is 13.5. The number of nitrogens with two attached hydrogens (primary N) is 1. The molecule has 18 heavy (non-hydrogen) atoms. The standard InChI is InChI=1S/C13H24N4O/c1-4-17-5-6-18-13(9-17)12(14)8-11-7-10(2)15-16(11)3/h7,12-13H,4-6,8-9,14H2,1-3H3. The number of hydrogen-bond donors (Lipinski definition) is 1. The van der Waals surface area contributed by atoms with E-state index in [9.17, 15) is 0 Å². The molecule has 1 saturated heterocycles. The van der Waals surface area contributed by atoms with Crippen molar-refractivity contribution >= 4 is 0 Å². The average Bonchev–Trinajstić information content (AvgIpc) is 2.68. The van der Waals surface area contributed by atoms with Crippen LogP contribution in [0.15, 0.2) is 6.07 Å². The normalized spacial score (nSPS) is 23.2. The van der Waals surface area contributed by atoms with Gasteiger partial charge in [-0.1, -0.05) is 6.92 Å². The van der Waals surface area contributed by atoms with E-state index in [0.717, 1.165) is 38.4 Å². The molecule has 2 rings (SSSR count). The number of ether oxygens (including phenoxy) is 1. The van der Waals surface area contributed by atoms with Crippen molar-refractivity contribution in [3.63, 3.8) is 0 Å². The number of aromatic nitrogens is 2. The summed E-state index contributed by atoms with van der Waals surface area (Å²) in [6.07, 6.45) is 0.952. The molecule has 102 valence electrons. The van der Waals surface area contributed by atoms with Gasteiger partial charge in [-0.15, -0.1) is 0 Å². The number of morpholine rings is 1. The summed E-state index contributed by atoms with van der Waals surface area (Å²) in [4.78, 5) is 2.39. The minimum absolute atomic E-state index is 0.0362. The number of likely N-dealkylation sites (N-methyl/N-ethyl adjacent to an activating group) is 1. The van der Waals surface area contributed by atoms with E-state index in [4.69, 9.17) is 10.5 Å². The summed E-state index contributed by atoms with van der Waals surface area (Å²) in [5.74, 6) is 0. The SMILES string of the molecule is CCN1CCOC(C(N)Cc2cc(C)nn2C)C1. The van der Waals surface area contributed by atoms with E-state index in [-0.39, 0.29) is 12.1 Å². The molecule has 2 atom stereocenters. The molecule has 1 aromatic rings. The Bertz CT molecular complexity index is 390. The van der Waals surface area contributed by atoms with Crippen LogP contribution in [0.2, 0.25) is 0 Å². The molecule has 1 aromatic heterocycles. The third-order valence-electron chi connectivity index (χ3n) is 3.65. The molecule has 0 amide bonds. The molecule has 5 nitrogen and oxygen atoms in total. The summed E-state index contributed by atoms with van der Waals surface area (Å²) < 4.78 is 7.71. The molecule has 5 heteroatoms. The van der Waals surface area contributed by atoms with Crippen molar-refractivity contribution in [3.8, 4) is 0 Å². The van der Waals surface area contributed by atoms with E-state index in [2.05, 4.69) is 23.0 Å². The van der Waals surface area contributed by atoms with Crippen LogP contribution in [0.4, 0.5) is 0 Å². The monoisotopic (exact) mass is 252 g/mol. The van der Waals surface area contributed by atoms with E-state index in [0.29, 0.717) is 0 Å². The maximum absolute atomic E-state index is 6.28. The molecule has 2 N–H and O–H groups in total. The van der Waals surface area contributed by atoms with Gasteiger partial charge < -0.3 is 10.5 Å². The van der Waals surface area contributed by atoms with Crippen LogP contribution in [-0.4, -0.2) is 53.1 Å². The fourth-order valence-electron chi connectivity index (χ4n) is 2.51. The van der Waals surface area contributed by atoms with Gasteiger partial charge in [0.05, 0.1) is 18.4 Å². The summed E-state index contributed by atoms with van der Waals surface area (Å²) in [5, 5.41) is 4.35. The lowest BCUT2D eigenvalue weighted by Gasteiger charge is -2.35. The molecule has 0 saturated carbocycles. The van der Waals surface area contributed by atoms with Crippen molar-refractivity contribution < 1.29 is 4.74 Å². The van der Waals surface area contributed by atoms with Gasteiger partial charge in [0.1, 0.15) is 0 Å². The first-order valence-electron chi connectivity index (χ1n) is 6.69. The predicted octanol–water partition coefficient (Wildman–Crippen LogP) is 0.319. The largest absolute Gasteiger partial charge is 0.374 e. The van der Waals surface area contributed by atoms with E-state index in [1.165, 1.54) is 5.69 Å². The molecule has 0 spiro atoms. The molecule has 0 aliphatic carbocycles. The third-order valence-corrected chi connectivity index (χ3v) is 3.65. The van der Waals surface area contributed by atoms with Crippen molar-refractivity contribution in [2.75, 3.05) is 26.2 Å². The van der Waals surface area contributed by atoms with Crippen LogP contribution in [0, 0.1) is 6.92 Å². The van der Waals surface area contributed by atoms with Crippen molar-refractivity contribution in [1.82, 2.24) is 14.7 Å². The Morgan fingerprint density at radius 3 is 3.00 bits per heavy atom. The molecular weight excluding hydrogens is 228 g/mol. The molecule has 0 radical (unpaired) electrons. The summed E-state index contributed by atoms with van der Waals surface area (Å²) in [6, 6.07) is 2.13. The van der Waals surface area contributed by atoms with Crippen molar-refractivity contribution in [3.05, 3.63) is 17.5 Å². The quantitative estimate of drug-likeness (QED) is 0.838. The Kier molecular flexibility index (Phi) is 4.37. The van der Waals surface area contributed by atoms with Gasteiger partial charge in [-0.05, 0) is 19.5 Å². The van der Waals surface area contributed by atoms with Crippen LogP contribution in [0.3, 0.4) is 0 Å². The van der Waals surface area contributed by atoms with Gasteiger partial charge >= 0.3 is 0 Å². The van der Waals surface area contributed by atoms with Crippen LogP contribution in [0.1, 0.15) is 18.3 Å². The van der Waals surface area contributed by atoms with Gasteiger partial charge in [0, 0.05) is 38.3 Å². The lowest BCUT2D eigenvalue weighted by Crippen LogP contribution is -2.51. The molecule has 1 fully saturated rings. The lowest BCUT2D eigenvalue weighted by atomic mass is 10.0. The molecule has 2 heterocycles.